The molecule has 0 amide bonds. The Morgan fingerprint density at radius 3 is 2.56 bits per heavy atom. The molecule has 2 aromatic rings. The van der Waals surface area contributed by atoms with Gasteiger partial charge in [-0.15, -0.1) is 0 Å². The van der Waals surface area contributed by atoms with Gasteiger partial charge < -0.3 is 9.15 Å². The third kappa shape index (κ3) is 1.98. The second kappa shape index (κ2) is 4.11. The van der Waals surface area contributed by atoms with E-state index in [1.165, 1.54) is 32.2 Å². The van der Waals surface area contributed by atoms with Gasteiger partial charge >= 0.3 is 0 Å². The van der Waals surface area contributed by atoms with E-state index in [1.54, 1.807) is 0 Å². The number of rotatable bonds is 3. The number of Topliss-reactive ketones (excluding diaryl/α,β-unsaturated/α-hetero) is 1. The maximum absolute atomic E-state index is 11.4. The van der Waals surface area contributed by atoms with Crippen molar-refractivity contribution in [3.05, 3.63) is 24.0 Å². The number of primary sulfonamides is 1. The van der Waals surface area contributed by atoms with Crippen LogP contribution in [0.1, 0.15) is 17.5 Å². The van der Waals surface area contributed by atoms with Crippen LogP contribution < -0.4 is 9.88 Å². The maximum atomic E-state index is 11.4. The van der Waals surface area contributed by atoms with E-state index >= 15 is 0 Å². The molecule has 1 aromatic carbocycles. The molecule has 0 unspecified atom stereocenters. The van der Waals surface area contributed by atoms with Crippen molar-refractivity contribution >= 4 is 26.8 Å². The van der Waals surface area contributed by atoms with Crippen LogP contribution in [0.4, 0.5) is 0 Å². The first-order chi connectivity index (χ1) is 8.34. The minimum atomic E-state index is -3.89. The fourth-order valence-electron chi connectivity index (χ4n) is 1.66. The first-order valence-electron chi connectivity index (χ1n) is 4.99. The number of sulfonamides is 1. The maximum Gasteiger partial charge on any atom is 0.238 e. The topological polar surface area (TPSA) is 99.6 Å². The minimum absolute atomic E-state index is 0.0550. The largest absolute Gasteiger partial charge is 0.493 e. The zero-order valence-electron chi connectivity index (χ0n) is 9.76. The Balaban J connectivity index is 2.89. The number of fused-ring (bicyclic) bond motifs is 1. The number of hydrogen-bond donors (Lipinski definition) is 1. The van der Waals surface area contributed by atoms with Crippen LogP contribution in [0.2, 0.25) is 0 Å². The predicted octanol–water partition coefficient (Wildman–Crippen LogP) is 1.29. The van der Waals surface area contributed by atoms with Gasteiger partial charge in [0.25, 0.3) is 0 Å². The van der Waals surface area contributed by atoms with E-state index in [1.807, 2.05) is 0 Å². The van der Waals surface area contributed by atoms with Crippen molar-refractivity contribution in [1.29, 1.82) is 0 Å². The van der Waals surface area contributed by atoms with Crippen molar-refractivity contribution in [2.45, 2.75) is 11.8 Å². The second-order valence-corrected chi connectivity index (χ2v) is 5.25. The van der Waals surface area contributed by atoms with E-state index in [9.17, 15) is 13.2 Å². The number of furan rings is 1. The third-order valence-corrected chi connectivity index (χ3v) is 3.45. The number of ketones is 1. The molecule has 0 aliphatic carbocycles. The van der Waals surface area contributed by atoms with Crippen LogP contribution in [0, 0.1) is 0 Å². The van der Waals surface area contributed by atoms with Crippen LogP contribution >= 0.6 is 0 Å². The van der Waals surface area contributed by atoms with Crippen molar-refractivity contribution < 1.29 is 22.4 Å². The number of carbonyl (C=O) groups is 1. The molecule has 2 rings (SSSR count). The van der Waals surface area contributed by atoms with Crippen molar-refractivity contribution in [2.24, 2.45) is 5.14 Å². The quantitative estimate of drug-likeness (QED) is 0.846. The van der Waals surface area contributed by atoms with Crippen molar-refractivity contribution in [2.75, 3.05) is 7.11 Å². The number of methoxy groups -OCH3 is 1. The SMILES string of the molecule is COc1ccc(S(N)(=O)=O)c2cc(C(C)=O)oc12. The predicted molar refractivity (Wildman–Crippen MR) is 64.1 cm³/mol. The van der Waals surface area contributed by atoms with E-state index < -0.39 is 10.0 Å². The summed E-state index contributed by atoms with van der Waals surface area (Å²) in [6, 6.07) is 4.09. The molecular weight excluding hydrogens is 258 g/mol. The summed E-state index contributed by atoms with van der Waals surface area (Å²) in [5.74, 6) is 0.0814. The number of benzene rings is 1. The Kier molecular flexibility index (Phi) is 2.88. The normalized spacial score (nSPS) is 11.7. The van der Waals surface area contributed by atoms with E-state index in [0.29, 0.717) is 5.75 Å². The van der Waals surface area contributed by atoms with Gasteiger partial charge in [-0.3, -0.25) is 4.79 Å². The highest BCUT2D eigenvalue weighted by atomic mass is 32.2. The Bertz CT molecular complexity index is 729. The summed E-state index contributed by atoms with van der Waals surface area (Å²) in [6.45, 7) is 1.32. The van der Waals surface area contributed by atoms with Gasteiger partial charge in [-0.05, 0) is 18.2 Å². The summed E-state index contributed by atoms with van der Waals surface area (Å²) in [7, 11) is -2.48. The number of nitrogens with two attached hydrogens (primary N) is 1. The van der Waals surface area contributed by atoms with Crippen molar-refractivity contribution in [3.8, 4) is 5.75 Å². The van der Waals surface area contributed by atoms with E-state index in [2.05, 4.69) is 0 Å². The summed E-state index contributed by atoms with van der Waals surface area (Å²) >= 11 is 0. The number of ether oxygens (including phenoxy) is 1. The molecule has 96 valence electrons. The molecule has 1 aromatic heterocycles. The minimum Gasteiger partial charge on any atom is -0.493 e. The van der Waals surface area contributed by atoms with Crippen molar-refractivity contribution in [1.82, 2.24) is 0 Å². The van der Waals surface area contributed by atoms with Gasteiger partial charge in [0, 0.05) is 12.3 Å². The van der Waals surface area contributed by atoms with Crippen LogP contribution in [-0.4, -0.2) is 21.3 Å². The smallest absolute Gasteiger partial charge is 0.238 e. The Labute approximate surface area is 103 Å². The lowest BCUT2D eigenvalue weighted by atomic mass is 10.2. The molecule has 0 aliphatic rings. The highest BCUT2D eigenvalue weighted by Crippen LogP contribution is 2.33. The molecule has 0 aliphatic heterocycles. The Morgan fingerprint density at radius 2 is 2.06 bits per heavy atom. The molecule has 0 fully saturated rings. The zero-order chi connectivity index (χ0) is 13.5. The summed E-state index contributed by atoms with van der Waals surface area (Å²) in [4.78, 5) is 11.2. The monoisotopic (exact) mass is 269 g/mol. The number of hydrogen-bond acceptors (Lipinski definition) is 5. The van der Waals surface area contributed by atoms with Gasteiger partial charge in [0.2, 0.25) is 10.0 Å². The lowest BCUT2D eigenvalue weighted by Gasteiger charge is -2.03. The average Bonchev–Trinajstić information content (AvgIpc) is 2.70. The molecule has 1 heterocycles. The van der Waals surface area contributed by atoms with Gasteiger partial charge in [0.15, 0.2) is 22.9 Å². The summed E-state index contributed by atoms with van der Waals surface area (Å²) in [5.41, 5.74) is 0.189. The molecule has 0 bridgehead atoms. The highest BCUT2D eigenvalue weighted by Gasteiger charge is 2.20. The molecule has 2 N–H and O–H groups in total. The van der Waals surface area contributed by atoms with Crippen molar-refractivity contribution in [3.63, 3.8) is 0 Å². The highest BCUT2D eigenvalue weighted by molar-refractivity contribution is 7.89. The lowest BCUT2D eigenvalue weighted by Crippen LogP contribution is -2.12. The van der Waals surface area contributed by atoms with Gasteiger partial charge in [-0.2, -0.15) is 0 Å². The number of carbonyl (C=O) groups excluding carboxylic acids is 1. The van der Waals surface area contributed by atoms with E-state index in [0.717, 1.165) is 0 Å². The van der Waals surface area contributed by atoms with Gasteiger partial charge in [0.05, 0.1) is 12.0 Å². The van der Waals surface area contributed by atoms with Crippen LogP contribution in [0.15, 0.2) is 27.5 Å². The molecule has 0 atom stereocenters. The second-order valence-electron chi connectivity index (χ2n) is 3.72. The fraction of sp³-hybridized carbons (Fsp3) is 0.182. The van der Waals surface area contributed by atoms with E-state index in [4.69, 9.17) is 14.3 Å². The molecular formula is C11H11NO5S. The van der Waals surface area contributed by atoms with Gasteiger partial charge in [-0.1, -0.05) is 0 Å². The molecule has 18 heavy (non-hydrogen) atoms. The first-order valence-corrected chi connectivity index (χ1v) is 6.53. The molecule has 0 radical (unpaired) electrons. The molecule has 0 saturated carbocycles. The molecule has 6 nitrogen and oxygen atoms in total. The average molecular weight is 269 g/mol. The lowest BCUT2D eigenvalue weighted by molar-refractivity contribution is 0.0989. The van der Waals surface area contributed by atoms with Crippen LogP contribution in [-0.2, 0) is 10.0 Å². The molecule has 0 spiro atoms. The molecule has 7 heteroatoms. The first kappa shape index (κ1) is 12.6. The summed E-state index contributed by atoms with van der Waals surface area (Å²) in [6.07, 6.45) is 0. The van der Waals surface area contributed by atoms with Crippen LogP contribution in [0.3, 0.4) is 0 Å². The zero-order valence-corrected chi connectivity index (χ0v) is 10.6. The van der Waals surface area contributed by atoms with Gasteiger partial charge in [0.1, 0.15) is 0 Å². The summed E-state index contributed by atoms with van der Waals surface area (Å²) in [5, 5.41) is 5.34. The standard InChI is InChI=1S/C11H11NO5S/c1-6(13)9-5-7-10(18(12,14)15)4-3-8(16-2)11(7)17-9/h3-5H,1-2H3,(H2,12,14,15). The summed E-state index contributed by atoms with van der Waals surface area (Å²) < 4.78 is 33.2. The van der Waals surface area contributed by atoms with Crippen LogP contribution in [0.25, 0.3) is 11.0 Å². The van der Waals surface area contributed by atoms with Gasteiger partial charge in [-0.25, -0.2) is 13.6 Å². The molecule has 0 saturated heterocycles. The fourth-order valence-corrected chi connectivity index (χ4v) is 2.37. The van der Waals surface area contributed by atoms with E-state index in [-0.39, 0.29) is 27.4 Å². The Morgan fingerprint density at radius 1 is 1.39 bits per heavy atom. The Hall–Kier alpha value is -1.86. The third-order valence-electron chi connectivity index (χ3n) is 2.48. The van der Waals surface area contributed by atoms with Crippen LogP contribution in [0.5, 0.6) is 5.75 Å².